The van der Waals surface area contributed by atoms with Crippen molar-refractivity contribution in [1.29, 1.82) is 0 Å². The van der Waals surface area contributed by atoms with Crippen LogP contribution in [0.2, 0.25) is 0 Å². The van der Waals surface area contributed by atoms with E-state index in [1.54, 1.807) is 6.08 Å². The Morgan fingerprint density at radius 3 is 2.48 bits per heavy atom. The highest BCUT2D eigenvalue weighted by Gasteiger charge is 2.17. The van der Waals surface area contributed by atoms with Crippen molar-refractivity contribution >= 4 is 11.6 Å². The van der Waals surface area contributed by atoms with Crippen molar-refractivity contribution in [2.24, 2.45) is 0 Å². The summed E-state index contributed by atoms with van der Waals surface area (Å²) in [5, 5.41) is 9.45. The van der Waals surface area contributed by atoms with Crippen LogP contribution in [0.25, 0.3) is 11.1 Å². The first-order chi connectivity index (χ1) is 15.9. The number of hydrogen-bond donors (Lipinski definition) is 1. The van der Waals surface area contributed by atoms with Gasteiger partial charge in [0.2, 0.25) is 0 Å². The van der Waals surface area contributed by atoms with Crippen molar-refractivity contribution in [3.8, 4) is 16.9 Å². The molecule has 2 unspecified atom stereocenters. The van der Waals surface area contributed by atoms with Crippen molar-refractivity contribution in [1.82, 2.24) is 4.90 Å². The first-order valence-electron chi connectivity index (χ1n) is 12.0. The lowest BCUT2D eigenvalue weighted by molar-refractivity contribution is 0.0571. The van der Waals surface area contributed by atoms with Crippen molar-refractivity contribution in [2.75, 3.05) is 26.2 Å². The van der Waals surface area contributed by atoms with Gasteiger partial charge < -0.3 is 19.5 Å². The minimum atomic E-state index is -0.203. The molecule has 0 amide bonds. The van der Waals surface area contributed by atoms with Gasteiger partial charge in [0.25, 0.3) is 0 Å². The second-order valence-electron chi connectivity index (χ2n) is 8.99. The maximum Gasteiger partial charge on any atom is 0.122 e. The lowest BCUT2D eigenvalue weighted by Gasteiger charge is -2.29. The number of benzene rings is 2. The van der Waals surface area contributed by atoms with Gasteiger partial charge in [0.15, 0.2) is 0 Å². The van der Waals surface area contributed by atoms with Crippen LogP contribution in [0.4, 0.5) is 0 Å². The number of alkyl halides is 1. The number of halogens is 1. The van der Waals surface area contributed by atoms with Crippen LogP contribution in [0.15, 0.2) is 49.1 Å². The van der Waals surface area contributed by atoms with E-state index in [4.69, 9.17) is 21.1 Å². The zero-order valence-corrected chi connectivity index (χ0v) is 21.0. The molecule has 33 heavy (non-hydrogen) atoms. The van der Waals surface area contributed by atoms with Crippen molar-refractivity contribution in [3.05, 3.63) is 65.7 Å². The summed E-state index contributed by atoms with van der Waals surface area (Å²) in [5.74, 6) is 0.937. The molecule has 0 radical (unpaired) electrons. The van der Waals surface area contributed by atoms with Gasteiger partial charge in [-0.05, 0) is 73.9 Å². The lowest BCUT2D eigenvalue weighted by atomic mass is 9.93. The number of hydrogen-bond acceptors (Lipinski definition) is 4. The number of aliphatic hydroxyl groups excluding tert-OH is 1. The topological polar surface area (TPSA) is 41.9 Å². The average Bonchev–Trinajstić information content (AvgIpc) is 2.82. The Bertz CT molecular complexity index is 908. The minimum Gasteiger partial charge on any atom is -0.493 e. The van der Waals surface area contributed by atoms with Gasteiger partial charge in [-0.25, -0.2) is 0 Å². The number of rotatable bonds is 11. The molecule has 1 N–H and O–H groups in total. The molecule has 1 saturated heterocycles. The fourth-order valence-corrected chi connectivity index (χ4v) is 4.38. The highest BCUT2D eigenvalue weighted by Crippen LogP contribution is 2.33. The Morgan fingerprint density at radius 2 is 1.79 bits per heavy atom. The largest absolute Gasteiger partial charge is 0.493 e. The fraction of sp³-hybridized carbons (Fsp3) is 0.500. The number of piperidine rings is 1. The van der Waals surface area contributed by atoms with Gasteiger partial charge in [-0.3, -0.25) is 0 Å². The summed E-state index contributed by atoms with van der Waals surface area (Å²) in [7, 11) is 0. The standard InChI is InChI=1S/C28H38ClNO3/c1-5-27(29)22(4)33-19-23-9-6-10-25(20(23)2)26-11-7-12-28(21(26)3)32-18-8-15-30-16-13-24(31)14-17-30/h5-7,9-12,22,24,27,31H,1,8,13-19H2,2-4H3. The molecule has 1 aliphatic rings. The van der Waals surface area contributed by atoms with E-state index in [0.29, 0.717) is 13.2 Å². The zero-order valence-electron chi connectivity index (χ0n) is 20.2. The molecule has 2 aromatic rings. The molecular weight excluding hydrogens is 434 g/mol. The zero-order chi connectivity index (χ0) is 23.8. The Labute approximate surface area is 204 Å². The third kappa shape index (κ3) is 7.07. The van der Waals surface area contributed by atoms with E-state index in [0.717, 1.165) is 55.8 Å². The second-order valence-corrected chi connectivity index (χ2v) is 9.49. The summed E-state index contributed by atoms with van der Waals surface area (Å²) in [6.45, 7) is 14.2. The Morgan fingerprint density at radius 1 is 1.12 bits per heavy atom. The van der Waals surface area contributed by atoms with E-state index in [1.165, 1.54) is 16.7 Å². The molecule has 0 saturated carbocycles. The molecule has 1 fully saturated rings. The van der Waals surface area contributed by atoms with Gasteiger partial charge in [0.1, 0.15) is 5.75 Å². The van der Waals surface area contributed by atoms with Gasteiger partial charge in [-0.1, -0.05) is 36.4 Å². The molecule has 3 rings (SSSR count). The van der Waals surface area contributed by atoms with Crippen LogP contribution in [-0.4, -0.2) is 53.8 Å². The van der Waals surface area contributed by atoms with Gasteiger partial charge in [0.05, 0.1) is 30.8 Å². The molecule has 4 nitrogen and oxygen atoms in total. The van der Waals surface area contributed by atoms with Crippen molar-refractivity contribution in [3.63, 3.8) is 0 Å². The molecule has 1 aliphatic heterocycles. The maximum absolute atomic E-state index is 9.65. The van der Waals surface area contributed by atoms with E-state index in [2.05, 4.69) is 61.7 Å². The van der Waals surface area contributed by atoms with Gasteiger partial charge in [-0.15, -0.1) is 18.2 Å². The molecule has 0 bridgehead atoms. The molecule has 5 heteroatoms. The number of ether oxygens (including phenoxy) is 2. The lowest BCUT2D eigenvalue weighted by Crippen LogP contribution is -2.36. The SMILES string of the molecule is C=CC(Cl)C(C)OCc1cccc(-c2cccc(OCCCN3CCC(O)CC3)c2C)c1C. The molecule has 0 aromatic heterocycles. The summed E-state index contributed by atoms with van der Waals surface area (Å²) >= 11 is 6.22. The molecule has 0 spiro atoms. The smallest absolute Gasteiger partial charge is 0.122 e. The van der Waals surface area contributed by atoms with E-state index in [1.807, 2.05) is 6.92 Å². The van der Waals surface area contributed by atoms with Crippen molar-refractivity contribution < 1.29 is 14.6 Å². The molecule has 2 atom stereocenters. The Hall–Kier alpha value is -1.85. The molecular formula is C28H38ClNO3. The number of aliphatic hydroxyl groups is 1. The maximum atomic E-state index is 9.65. The van der Waals surface area contributed by atoms with Crippen LogP contribution < -0.4 is 4.74 Å². The van der Waals surface area contributed by atoms with E-state index < -0.39 is 0 Å². The Kier molecular flexibility index (Phi) is 9.81. The monoisotopic (exact) mass is 471 g/mol. The Balaban J connectivity index is 1.63. The molecule has 0 aliphatic carbocycles. The first kappa shape index (κ1) is 25.8. The van der Waals surface area contributed by atoms with Crippen LogP contribution in [0.1, 0.15) is 42.9 Å². The first-order valence-corrected chi connectivity index (χ1v) is 12.4. The van der Waals surface area contributed by atoms with E-state index >= 15 is 0 Å². The van der Waals surface area contributed by atoms with E-state index in [9.17, 15) is 5.11 Å². The molecule has 1 heterocycles. The highest BCUT2D eigenvalue weighted by atomic mass is 35.5. The quantitative estimate of drug-likeness (QED) is 0.252. The predicted molar refractivity (Wildman–Crippen MR) is 137 cm³/mol. The second kappa shape index (κ2) is 12.6. The van der Waals surface area contributed by atoms with Crippen LogP contribution in [0, 0.1) is 13.8 Å². The third-order valence-electron chi connectivity index (χ3n) is 6.63. The van der Waals surface area contributed by atoms with Gasteiger partial charge in [-0.2, -0.15) is 0 Å². The van der Waals surface area contributed by atoms with Crippen LogP contribution in [-0.2, 0) is 11.3 Å². The molecule has 2 aromatic carbocycles. The summed E-state index contributed by atoms with van der Waals surface area (Å²) in [6, 6.07) is 12.6. The molecule has 180 valence electrons. The summed E-state index contributed by atoms with van der Waals surface area (Å²) in [5.41, 5.74) is 5.91. The minimum absolute atomic E-state index is 0.0966. The average molecular weight is 472 g/mol. The normalized spacial score (nSPS) is 17.0. The number of likely N-dealkylation sites (tertiary alicyclic amines) is 1. The number of nitrogens with zero attached hydrogens (tertiary/aromatic N) is 1. The van der Waals surface area contributed by atoms with Gasteiger partial charge in [0, 0.05) is 19.6 Å². The van der Waals surface area contributed by atoms with Crippen LogP contribution in [0.3, 0.4) is 0 Å². The summed E-state index contributed by atoms with van der Waals surface area (Å²) < 4.78 is 12.2. The predicted octanol–water partition coefficient (Wildman–Crippen LogP) is 5.89. The van der Waals surface area contributed by atoms with E-state index in [-0.39, 0.29) is 17.6 Å². The van der Waals surface area contributed by atoms with Crippen LogP contribution >= 0.6 is 11.6 Å². The van der Waals surface area contributed by atoms with Crippen molar-refractivity contribution in [2.45, 2.75) is 64.2 Å². The highest BCUT2D eigenvalue weighted by molar-refractivity contribution is 6.22. The third-order valence-corrected chi connectivity index (χ3v) is 7.16. The fourth-order valence-electron chi connectivity index (χ4n) is 4.31. The summed E-state index contributed by atoms with van der Waals surface area (Å²) in [4.78, 5) is 2.42. The van der Waals surface area contributed by atoms with Gasteiger partial charge >= 0.3 is 0 Å². The van der Waals surface area contributed by atoms with Crippen LogP contribution in [0.5, 0.6) is 5.75 Å². The summed E-state index contributed by atoms with van der Waals surface area (Å²) in [6.07, 6.45) is 4.23.